The Morgan fingerprint density at radius 1 is 0.833 bits per heavy atom. The van der Waals surface area contributed by atoms with Gasteiger partial charge in [0, 0.05) is 0 Å². The summed E-state index contributed by atoms with van der Waals surface area (Å²) in [6.45, 7) is 3.21. The molecule has 4 heteroatoms. The third-order valence-electron chi connectivity index (χ3n) is 2.17. The van der Waals surface area contributed by atoms with E-state index in [9.17, 15) is 0 Å². The Hall–Kier alpha value is -0.160. The fourth-order valence-corrected chi connectivity index (χ4v) is 1.49. The summed E-state index contributed by atoms with van der Waals surface area (Å²) in [5.74, 6) is 0. The van der Waals surface area contributed by atoms with Crippen molar-refractivity contribution >= 4 is 0 Å². The molecule has 0 spiro atoms. The van der Waals surface area contributed by atoms with Gasteiger partial charge in [0.1, 0.15) is 12.9 Å². The monoisotopic (exact) mass is 174 g/mol. The summed E-state index contributed by atoms with van der Waals surface area (Å²) in [6, 6.07) is 0. The van der Waals surface area contributed by atoms with Crippen LogP contribution >= 0.6 is 0 Å². The lowest BCUT2D eigenvalue weighted by atomic mass is 10.1. The standard InChI is InChI=1S/C8H14O4/c1-2-10-6-12-7(1)8-5-9-3-4-11-8/h7-8H,1-6H2. The lowest BCUT2D eigenvalue weighted by Gasteiger charge is -2.32. The Labute approximate surface area is 71.7 Å². The Morgan fingerprint density at radius 2 is 1.83 bits per heavy atom. The minimum atomic E-state index is 0.114. The molecular formula is C8H14O4. The summed E-state index contributed by atoms with van der Waals surface area (Å²) in [5.41, 5.74) is 0. The van der Waals surface area contributed by atoms with Gasteiger partial charge in [-0.25, -0.2) is 0 Å². The molecule has 0 N–H and O–H groups in total. The van der Waals surface area contributed by atoms with E-state index in [2.05, 4.69) is 0 Å². The Morgan fingerprint density at radius 3 is 2.50 bits per heavy atom. The number of hydrogen-bond acceptors (Lipinski definition) is 4. The molecule has 2 unspecified atom stereocenters. The molecule has 2 atom stereocenters. The van der Waals surface area contributed by atoms with Gasteiger partial charge in [0.2, 0.25) is 0 Å². The predicted octanol–water partition coefficient (Wildman–Crippen LogP) is 0.165. The topological polar surface area (TPSA) is 36.9 Å². The van der Waals surface area contributed by atoms with E-state index in [0.29, 0.717) is 26.6 Å². The van der Waals surface area contributed by atoms with Crippen LogP contribution in [0.5, 0.6) is 0 Å². The van der Waals surface area contributed by atoms with Crippen LogP contribution in [0.25, 0.3) is 0 Å². The lowest BCUT2D eigenvalue weighted by Crippen LogP contribution is -2.42. The van der Waals surface area contributed by atoms with Gasteiger partial charge in [0.25, 0.3) is 0 Å². The van der Waals surface area contributed by atoms with Crippen LogP contribution in [0.2, 0.25) is 0 Å². The van der Waals surface area contributed by atoms with E-state index in [1.807, 2.05) is 0 Å². The average molecular weight is 174 g/mol. The highest BCUT2D eigenvalue weighted by Gasteiger charge is 2.27. The SMILES string of the molecule is C1CC(C2COCCO2)OCO1. The third kappa shape index (κ3) is 1.95. The van der Waals surface area contributed by atoms with Crippen LogP contribution in [0.3, 0.4) is 0 Å². The average Bonchev–Trinajstić information content (AvgIpc) is 2.21. The second-order valence-corrected chi connectivity index (χ2v) is 3.00. The minimum Gasteiger partial charge on any atom is -0.376 e. The van der Waals surface area contributed by atoms with Crippen molar-refractivity contribution in [2.24, 2.45) is 0 Å². The largest absolute Gasteiger partial charge is 0.376 e. The van der Waals surface area contributed by atoms with Crippen molar-refractivity contribution < 1.29 is 18.9 Å². The fraction of sp³-hybridized carbons (Fsp3) is 1.00. The molecule has 0 aromatic carbocycles. The van der Waals surface area contributed by atoms with Gasteiger partial charge >= 0.3 is 0 Å². The van der Waals surface area contributed by atoms with Crippen molar-refractivity contribution in [2.75, 3.05) is 33.2 Å². The first-order valence-electron chi connectivity index (χ1n) is 4.35. The maximum absolute atomic E-state index is 5.51. The Balaban J connectivity index is 1.80. The van der Waals surface area contributed by atoms with Crippen molar-refractivity contribution in [1.82, 2.24) is 0 Å². The first-order chi connectivity index (χ1) is 5.97. The molecule has 0 aromatic heterocycles. The molecule has 0 amide bonds. The van der Waals surface area contributed by atoms with Crippen LogP contribution in [0.15, 0.2) is 0 Å². The van der Waals surface area contributed by atoms with Crippen LogP contribution in [0, 0.1) is 0 Å². The molecule has 2 aliphatic heterocycles. The van der Waals surface area contributed by atoms with Crippen molar-refractivity contribution in [2.45, 2.75) is 18.6 Å². The first-order valence-corrected chi connectivity index (χ1v) is 4.35. The Kier molecular flexibility index (Phi) is 2.94. The maximum atomic E-state index is 5.51. The molecule has 0 bridgehead atoms. The van der Waals surface area contributed by atoms with E-state index in [-0.39, 0.29) is 12.2 Å². The van der Waals surface area contributed by atoms with E-state index in [0.717, 1.165) is 13.0 Å². The number of ether oxygens (including phenoxy) is 4. The minimum absolute atomic E-state index is 0.114. The first kappa shape index (κ1) is 8.44. The van der Waals surface area contributed by atoms with Crippen molar-refractivity contribution in [3.8, 4) is 0 Å². The summed E-state index contributed by atoms with van der Waals surface area (Å²) in [5, 5.41) is 0. The van der Waals surface area contributed by atoms with Crippen LogP contribution < -0.4 is 0 Å². The van der Waals surface area contributed by atoms with E-state index in [1.54, 1.807) is 0 Å². The van der Waals surface area contributed by atoms with Crippen LogP contribution in [0.1, 0.15) is 6.42 Å². The molecule has 2 fully saturated rings. The van der Waals surface area contributed by atoms with Gasteiger partial charge in [-0.3, -0.25) is 0 Å². The van der Waals surface area contributed by atoms with Crippen LogP contribution in [-0.4, -0.2) is 45.4 Å². The maximum Gasteiger partial charge on any atom is 0.147 e. The summed E-state index contributed by atoms with van der Waals surface area (Å²) < 4.78 is 21.3. The summed E-state index contributed by atoms with van der Waals surface area (Å²) in [7, 11) is 0. The van der Waals surface area contributed by atoms with Crippen molar-refractivity contribution in [1.29, 1.82) is 0 Å². The van der Waals surface area contributed by atoms with Crippen LogP contribution in [-0.2, 0) is 18.9 Å². The molecule has 4 nitrogen and oxygen atoms in total. The number of rotatable bonds is 1. The second kappa shape index (κ2) is 4.18. The van der Waals surface area contributed by atoms with Gasteiger partial charge in [0.15, 0.2) is 0 Å². The number of hydrogen-bond donors (Lipinski definition) is 0. The van der Waals surface area contributed by atoms with Gasteiger partial charge in [-0.05, 0) is 6.42 Å². The van der Waals surface area contributed by atoms with E-state index in [1.165, 1.54) is 0 Å². The zero-order valence-electron chi connectivity index (χ0n) is 7.03. The smallest absolute Gasteiger partial charge is 0.147 e. The molecular weight excluding hydrogens is 160 g/mol. The molecule has 2 rings (SSSR count). The van der Waals surface area contributed by atoms with Gasteiger partial charge in [0.05, 0.1) is 32.5 Å². The normalized spacial score (nSPS) is 38.0. The highest BCUT2D eigenvalue weighted by molar-refractivity contribution is 4.73. The second-order valence-electron chi connectivity index (χ2n) is 3.00. The highest BCUT2D eigenvalue weighted by Crippen LogP contribution is 2.15. The molecule has 0 aliphatic carbocycles. The summed E-state index contributed by atoms with van der Waals surface area (Å²) in [4.78, 5) is 0. The van der Waals surface area contributed by atoms with Gasteiger partial charge in [-0.1, -0.05) is 0 Å². The van der Waals surface area contributed by atoms with Gasteiger partial charge in [-0.2, -0.15) is 0 Å². The highest BCUT2D eigenvalue weighted by atomic mass is 16.7. The Bertz CT molecular complexity index is 111. The van der Waals surface area contributed by atoms with E-state index >= 15 is 0 Å². The third-order valence-corrected chi connectivity index (χ3v) is 2.17. The summed E-state index contributed by atoms with van der Waals surface area (Å²) >= 11 is 0. The molecule has 0 saturated carbocycles. The van der Waals surface area contributed by atoms with Gasteiger partial charge < -0.3 is 18.9 Å². The lowest BCUT2D eigenvalue weighted by molar-refractivity contribution is -0.206. The zero-order chi connectivity index (χ0) is 8.23. The molecule has 2 heterocycles. The zero-order valence-corrected chi connectivity index (χ0v) is 7.03. The van der Waals surface area contributed by atoms with E-state index < -0.39 is 0 Å². The van der Waals surface area contributed by atoms with Crippen molar-refractivity contribution in [3.63, 3.8) is 0 Å². The molecule has 12 heavy (non-hydrogen) atoms. The predicted molar refractivity (Wildman–Crippen MR) is 40.9 cm³/mol. The molecule has 0 radical (unpaired) electrons. The van der Waals surface area contributed by atoms with E-state index in [4.69, 9.17) is 18.9 Å². The fourth-order valence-electron chi connectivity index (χ4n) is 1.49. The molecule has 2 aliphatic rings. The van der Waals surface area contributed by atoms with Crippen molar-refractivity contribution in [3.05, 3.63) is 0 Å². The van der Waals surface area contributed by atoms with Crippen LogP contribution in [0.4, 0.5) is 0 Å². The summed E-state index contributed by atoms with van der Waals surface area (Å²) in [6.07, 6.45) is 1.19. The molecule has 0 aromatic rings. The molecule has 2 saturated heterocycles. The van der Waals surface area contributed by atoms with Gasteiger partial charge in [-0.15, -0.1) is 0 Å². The quantitative estimate of drug-likeness (QED) is 0.567. The molecule has 70 valence electrons.